The summed E-state index contributed by atoms with van der Waals surface area (Å²) in [7, 11) is 0. The van der Waals surface area contributed by atoms with E-state index in [1.165, 1.54) is 12.1 Å². The minimum absolute atomic E-state index is 0.174. The first-order valence-electron chi connectivity index (χ1n) is 5.50. The third kappa shape index (κ3) is 1.83. The van der Waals surface area contributed by atoms with Crippen LogP contribution in [0.3, 0.4) is 0 Å². The van der Waals surface area contributed by atoms with Gasteiger partial charge in [0.1, 0.15) is 5.82 Å². The van der Waals surface area contributed by atoms with Gasteiger partial charge in [0.25, 0.3) is 0 Å². The second-order valence-corrected chi connectivity index (χ2v) is 3.97. The number of aromatic amines is 1. The first-order chi connectivity index (χ1) is 9.16. The van der Waals surface area contributed by atoms with Crippen LogP contribution in [0.2, 0.25) is 0 Å². The van der Waals surface area contributed by atoms with Gasteiger partial charge < -0.3 is 10.1 Å². The Bertz CT molecular complexity index is 765. The number of carboxylic acids is 1. The molecule has 0 saturated heterocycles. The Kier molecular flexibility index (Phi) is 2.49. The van der Waals surface area contributed by atoms with E-state index in [2.05, 4.69) is 15.2 Å². The number of H-pyrrole nitrogens is 1. The zero-order chi connectivity index (χ0) is 13.4. The number of nitrogens with one attached hydrogen (secondary N) is 1. The quantitative estimate of drug-likeness (QED) is 0.739. The molecule has 0 fully saturated rings. The second kappa shape index (κ2) is 4.16. The standard InChI is InChI=1S/C13H8FN3O2/c14-12-7(1-2-9-8(12)5-6-15-9)10-3-4-11(13(18)19)17-16-10/h1-6,15H,(H,18,19). The van der Waals surface area contributed by atoms with Gasteiger partial charge in [-0.15, -0.1) is 10.2 Å². The normalized spacial score (nSPS) is 10.8. The van der Waals surface area contributed by atoms with Crippen molar-refractivity contribution in [3.05, 3.63) is 48.0 Å². The lowest BCUT2D eigenvalue weighted by Gasteiger charge is -2.03. The van der Waals surface area contributed by atoms with Crippen LogP contribution in [-0.2, 0) is 0 Å². The number of carbonyl (C=O) groups is 1. The average molecular weight is 257 g/mol. The molecule has 0 atom stereocenters. The molecule has 0 saturated carbocycles. The SMILES string of the molecule is O=C(O)c1ccc(-c2ccc3[nH]ccc3c2F)nn1. The van der Waals surface area contributed by atoms with Gasteiger partial charge >= 0.3 is 5.97 Å². The Hall–Kier alpha value is -2.76. The molecular weight excluding hydrogens is 249 g/mol. The molecule has 0 aliphatic heterocycles. The first kappa shape index (κ1) is 11.3. The highest BCUT2D eigenvalue weighted by Crippen LogP contribution is 2.26. The minimum atomic E-state index is -1.17. The molecule has 0 bridgehead atoms. The molecular formula is C13H8FN3O2. The second-order valence-electron chi connectivity index (χ2n) is 3.97. The predicted octanol–water partition coefficient (Wildman–Crippen LogP) is 2.46. The third-order valence-electron chi connectivity index (χ3n) is 2.83. The number of nitrogens with zero attached hydrogens (tertiary/aromatic N) is 2. The summed E-state index contributed by atoms with van der Waals surface area (Å²) in [4.78, 5) is 13.6. The molecule has 6 heteroatoms. The Morgan fingerprint density at radius 1 is 1.16 bits per heavy atom. The summed E-state index contributed by atoms with van der Waals surface area (Å²) in [5, 5.41) is 16.5. The van der Waals surface area contributed by atoms with Crippen molar-refractivity contribution < 1.29 is 14.3 Å². The molecule has 19 heavy (non-hydrogen) atoms. The zero-order valence-electron chi connectivity index (χ0n) is 9.59. The van der Waals surface area contributed by atoms with Gasteiger partial charge in [-0.1, -0.05) is 0 Å². The van der Waals surface area contributed by atoms with Gasteiger partial charge in [-0.25, -0.2) is 9.18 Å². The van der Waals surface area contributed by atoms with Crippen molar-refractivity contribution in [3.8, 4) is 11.3 Å². The van der Waals surface area contributed by atoms with Crippen LogP contribution in [0, 0.1) is 5.82 Å². The largest absolute Gasteiger partial charge is 0.476 e. The van der Waals surface area contributed by atoms with Crippen molar-refractivity contribution in [1.29, 1.82) is 0 Å². The van der Waals surface area contributed by atoms with E-state index in [-0.39, 0.29) is 11.3 Å². The van der Waals surface area contributed by atoms with Crippen molar-refractivity contribution in [2.24, 2.45) is 0 Å². The highest BCUT2D eigenvalue weighted by molar-refractivity contribution is 5.87. The molecule has 0 radical (unpaired) electrons. The maximum absolute atomic E-state index is 14.2. The Morgan fingerprint density at radius 3 is 2.68 bits per heavy atom. The van der Waals surface area contributed by atoms with Crippen molar-refractivity contribution in [2.75, 3.05) is 0 Å². The van der Waals surface area contributed by atoms with E-state index in [0.29, 0.717) is 16.6 Å². The number of benzene rings is 1. The van der Waals surface area contributed by atoms with E-state index >= 15 is 0 Å². The third-order valence-corrected chi connectivity index (χ3v) is 2.83. The summed E-state index contributed by atoms with van der Waals surface area (Å²) in [5.41, 5.74) is 1.10. The Labute approximate surface area is 106 Å². The highest BCUT2D eigenvalue weighted by atomic mass is 19.1. The van der Waals surface area contributed by atoms with Crippen LogP contribution in [0.4, 0.5) is 4.39 Å². The predicted molar refractivity (Wildman–Crippen MR) is 66.2 cm³/mol. The number of rotatable bonds is 2. The lowest BCUT2D eigenvalue weighted by atomic mass is 10.1. The summed E-state index contributed by atoms with van der Waals surface area (Å²) in [6, 6.07) is 7.69. The molecule has 0 spiro atoms. The van der Waals surface area contributed by atoms with E-state index in [1.807, 2.05) is 0 Å². The van der Waals surface area contributed by atoms with Crippen LogP contribution >= 0.6 is 0 Å². The topological polar surface area (TPSA) is 78.9 Å². The molecule has 5 nitrogen and oxygen atoms in total. The fourth-order valence-electron chi connectivity index (χ4n) is 1.88. The number of aromatic nitrogens is 3. The first-order valence-corrected chi connectivity index (χ1v) is 5.50. The van der Waals surface area contributed by atoms with Crippen LogP contribution < -0.4 is 0 Å². The van der Waals surface area contributed by atoms with Crippen LogP contribution in [-0.4, -0.2) is 26.3 Å². The molecule has 0 aliphatic carbocycles. The van der Waals surface area contributed by atoms with Gasteiger partial charge in [0.15, 0.2) is 5.69 Å². The average Bonchev–Trinajstić information content (AvgIpc) is 2.88. The van der Waals surface area contributed by atoms with E-state index in [9.17, 15) is 9.18 Å². The number of hydrogen-bond donors (Lipinski definition) is 2. The van der Waals surface area contributed by atoms with E-state index in [4.69, 9.17) is 5.11 Å². The maximum Gasteiger partial charge on any atom is 0.356 e. The lowest BCUT2D eigenvalue weighted by molar-refractivity contribution is 0.0689. The van der Waals surface area contributed by atoms with Crippen molar-refractivity contribution >= 4 is 16.9 Å². The number of aromatic carboxylic acids is 1. The van der Waals surface area contributed by atoms with E-state index in [0.717, 1.165) is 0 Å². The molecule has 0 amide bonds. The van der Waals surface area contributed by atoms with E-state index in [1.54, 1.807) is 24.4 Å². The summed E-state index contributed by atoms with van der Waals surface area (Å²) >= 11 is 0. The van der Waals surface area contributed by atoms with Crippen LogP contribution in [0.15, 0.2) is 36.5 Å². The van der Waals surface area contributed by atoms with Gasteiger partial charge in [0.2, 0.25) is 0 Å². The van der Waals surface area contributed by atoms with Crippen molar-refractivity contribution in [2.45, 2.75) is 0 Å². The minimum Gasteiger partial charge on any atom is -0.476 e. The monoisotopic (exact) mass is 257 g/mol. The van der Waals surface area contributed by atoms with Gasteiger partial charge in [-0.3, -0.25) is 0 Å². The molecule has 2 N–H and O–H groups in total. The van der Waals surface area contributed by atoms with Gasteiger partial charge in [-0.2, -0.15) is 0 Å². The van der Waals surface area contributed by atoms with Crippen molar-refractivity contribution in [3.63, 3.8) is 0 Å². The fraction of sp³-hybridized carbons (Fsp3) is 0. The lowest BCUT2D eigenvalue weighted by Crippen LogP contribution is -2.02. The van der Waals surface area contributed by atoms with Crippen LogP contribution in [0.1, 0.15) is 10.5 Å². The van der Waals surface area contributed by atoms with Gasteiger partial charge in [-0.05, 0) is 30.3 Å². The summed E-state index contributed by atoms with van der Waals surface area (Å²) < 4.78 is 14.2. The molecule has 1 aromatic carbocycles. The van der Waals surface area contributed by atoms with Crippen molar-refractivity contribution in [1.82, 2.24) is 15.2 Å². The zero-order valence-corrected chi connectivity index (χ0v) is 9.59. The Morgan fingerprint density at radius 2 is 2.00 bits per heavy atom. The Balaban J connectivity index is 2.13. The van der Waals surface area contributed by atoms with Crippen LogP contribution in [0.5, 0.6) is 0 Å². The molecule has 3 aromatic rings. The molecule has 0 unspecified atom stereocenters. The van der Waals surface area contributed by atoms with Gasteiger partial charge in [0, 0.05) is 22.7 Å². The highest BCUT2D eigenvalue weighted by Gasteiger charge is 2.12. The molecule has 2 heterocycles. The van der Waals surface area contributed by atoms with Gasteiger partial charge in [0.05, 0.1) is 5.69 Å². The number of hydrogen-bond acceptors (Lipinski definition) is 3. The summed E-state index contributed by atoms with van der Waals surface area (Å²) in [5.74, 6) is -1.57. The number of fused-ring (bicyclic) bond motifs is 1. The number of carboxylic acid groups (broad SMARTS) is 1. The fourth-order valence-corrected chi connectivity index (χ4v) is 1.88. The molecule has 2 aromatic heterocycles. The molecule has 0 aliphatic rings. The van der Waals surface area contributed by atoms with E-state index < -0.39 is 11.8 Å². The van der Waals surface area contributed by atoms with Crippen LogP contribution in [0.25, 0.3) is 22.2 Å². The number of halogens is 1. The summed E-state index contributed by atoms with van der Waals surface area (Å²) in [6.07, 6.45) is 1.65. The maximum atomic E-state index is 14.2. The smallest absolute Gasteiger partial charge is 0.356 e. The molecule has 3 rings (SSSR count). The molecule has 94 valence electrons. The summed E-state index contributed by atoms with van der Waals surface area (Å²) in [6.45, 7) is 0.